The van der Waals surface area contributed by atoms with Crippen molar-refractivity contribution in [3.63, 3.8) is 0 Å². The van der Waals surface area contributed by atoms with Crippen molar-refractivity contribution in [2.24, 2.45) is 5.16 Å². The number of ether oxygens (including phenoxy) is 3. The zero-order valence-corrected chi connectivity index (χ0v) is 9.34. The summed E-state index contributed by atoms with van der Waals surface area (Å²) in [5, 5.41) is 11.3. The van der Waals surface area contributed by atoms with Gasteiger partial charge in [-0.25, -0.2) is 0 Å². The van der Waals surface area contributed by atoms with Crippen molar-refractivity contribution in [1.82, 2.24) is 0 Å². The average molecular weight is 225 g/mol. The summed E-state index contributed by atoms with van der Waals surface area (Å²) in [5.74, 6) is 1.36. The molecule has 16 heavy (non-hydrogen) atoms. The largest absolute Gasteiger partial charge is 0.497 e. The van der Waals surface area contributed by atoms with Gasteiger partial charge < -0.3 is 19.4 Å². The molecule has 0 unspecified atom stereocenters. The molecule has 0 saturated carbocycles. The zero-order chi connectivity index (χ0) is 11.8. The molecular weight excluding hydrogens is 210 g/mol. The van der Waals surface area contributed by atoms with Crippen LogP contribution in [0, 0.1) is 0 Å². The normalized spacial score (nSPS) is 10.6. The van der Waals surface area contributed by atoms with Crippen LogP contribution in [0.3, 0.4) is 0 Å². The van der Waals surface area contributed by atoms with Crippen molar-refractivity contribution >= 4 is 6.21 Å². The number of oxime groups is 1. The van der Waals surface area contributed by atoms with E-state index in [4.69, 9.17) is 19.4 Å². The minimum absolute atomic E-state index is 0.163. The van der Waals surface area contributed by atoms with E-state index in [0.29, 0.717) is 17.9 Å². The highest BCUT2D eigenvalue weighted by molar-refractivity contribution is 5.63. The van der Waals surface area contributed by atoms with E-state index >= 15 is 0 Å². The second kappa shape index (κ2) is 6.68. The number of rotatable bonds is 6. The summed E-state index contributed by atoms with van der Waals surface area (Å²) in [6.45, 7) is 0.163. The maximum atomic E-state index is 8.37. The minimum atomic E-state index is 0.163. The molecule has 0 aliphatic carbocycles. The number of benzene rings is 1. The lowest BCUT2D eigenvalue weighted by Crippen LogP contribution is -2.02. The van der Waals surface area contributed by atoms with Crippen LogP contribution in [0.15, 0.2) is 23.4 Å². The molecule has 0 aromatic heterocycles. The monoisotopic (exact) mass is 225 g/mol. The van der Waals surface area contributed by atoms with Crippen LogP contribution < -0.4 is 9.47 Å². The second-order valence-corrected chi connectivity index (χ2v) is 3.03. The van der Waals surface area contributed by atoms with E-state index in [1.165, 1.54) is 6.21 Å². The van der Waals surface area contributed by atoms with Crippen LogP contribution in [0.25, 0.3) is 0 Å². The number of hydrogen-bond donors (Lipinski definition) is 1. The first kappa shape index (κ1) is 12.3. The van der Waals surface area contributed by atoms with E-state index in [1.54, 1.807) is 20.3 Å². The van der Waals surface area contributed by atoms with Crippen molar-refractivity contribution in [3.05, 3.63) is 23.8 Å². The fourth-order valence-corrected chi connectivity index (χ4v) is 1.23. The van der Waals surface area contributed by atoms with E-state index in [-0.39, 0.29) is 6.79 Å². The van der Waals surface area contributed by atoms with Crippen molar-refractivity contribution in [1.29, 1.82) is 0 Å². The Kier molecular flexibility index (Phi) is 5.15. The van der Waals surface area contributed by atoms with Gasteiger partial charge in [0.25, 0.3) is 0 Å². The Labute approximate surface area is 94.2 Å². The molecule has 0 spiro atoms. The fourth-order valence-electron chi connectivity index (χ4n) is 1.23. The number of hydrogen-bond acceptors (Lipinski definition) is 5. The Morgan fingerprint density at radius 2 is 2.19 bits per heavy atom. The third-order valence-corrected chi connectivity index (χ3v) is 2.00. The third kappa shape index (κ3) is 3.43. The van der Waals surface area contributed by atoms with E-state index in [2.05, 4.69) is 5.16 Å². The summed E-state index contributed by atoms with van der Waals surface area (Å²) in [5.41, 5.74) is 0.899. The minimum Gasteiger partial charge on any atom is -0.497 e. The molecule has 0 amide bonds. The summed E-state index contributed by atoms with van der Waals surface area (Å²) in [7, 11) is 3.14. The Bertz CT molecular complexity index is 352. The number of nitrogens with zero attached hydrogens (tertiary/aromatic N) is 1. The van der Waals surface area contributed by atoms with Crippen LogP contribution in [0.5, 0.6) is 11.5 Å². The van der Waals surface area contributed by atoms with Crippen molar-refractivity contribution in [3.8, 4) is 11.5 Å². The summed E-state index contributed by atoms with van der Waals surface area (Å²) >= 11 is 0. The van der Waals surface area contributed by atoms with Gasteiger partial charge in [-0.3, -0.25) is 0 Å². The lowest BCUT2D eigenvalue weighted by molar-refractivity contribution is 0.0504. The van der Waals surface area contributed by atoms with Gasteiger partial charge in [0.1, 0.15) is 11.5 Å². The summed E-state index contributed by atoms with van der Waals surface area (Å²) in [6.07, 6.45) is 1.88. The predicted molar refractivity (Wildman–Crippen MR) is 59.5 cm³/mol. The molecule has 1 rings (SSSR count). The van der Waals surface area contributed by atoms with Gasteiger partial charge in [0.2, 0.25) is 0 Å². The molecule has 1 N–H and O–H groups in total. The lowest BCUT2D eigenvalue weighted by atomic mass is 10.1. The van der Waals surface area contributed by atoms with Gasteiger partial charge in [0.05, 0.1) is 7.11 Å². The van der Waals surface area contributed by atoms with Crippen molar-refractivity contribution < 1.29 is 19.4 Å². The molecule has 0 aliphatic heterocycles. The predicted octanol–water partition coefficient (Wildman–Crippen LogP) is 1.68. The van der Waals surface area contributed by atoms with Gasteiger partial charge in [-0.15, -0.1) is 5.16 Å². The Hall–Kier alpha value is -1.75. The molecular formula is C11H15NO4. The smallest absolute Gasteiger partial charge is 0.188 e. The van der Waals surface area contributed by atoms with Crippen LogP contribution in [0.4, 0.5) is 0 Å². The van der Waals surface area contributed by atoms with Gasteiger partial charge >= 0.3 is 0 Å². The quantitative estimate of drug-likeness (QED) is 0.346. The van der Waals surface area contributed by atoms with Crippen LogP contribution >= 0.6 is 0 Å². The molecule has 0 bridgehead atoms. The summed E-state index contributed by atoms with van der Waals surface area (Å²) in [4.78, 5) is 0. The molecule has 0 radical (unpaired) electrons. The zero-order valence-electron chi connectivity index (χ0n) is 9.34. The maximum absolute atomic E-state index is 8.37. The molecule has 88 valence electrons. The van der Waals surface area contributed by atoms with Gasteiger partial charge in [0.15, 0.2) is 6.79 Å². The molecule has 1 aromatic carbocycles. The molecule has 0 fully saturated rings. The van der Waals surface area contributed by atoms with E-state index in [9.17, 15) is 0 Å². The first-order valence-corrected chi connectivity index (χ1v) is 4.76. The van der Waals surface area contributed by atoms with Crippen LogP contribution in [0.2, 0.25) is 0 Å². The van der Waals surface area contributed by atoms with Crippen molar-refractivity contribution in [2.75, 3.05) is 21.0 Å². The first-order chi connectivity index (χ1) is 7.81. The molecule has 0 saturated heterocycles. The highest BCUT2D eigenvalue weighted by Gasteiger charge is 2.05. The topological polar surface area (TPSA) is 60.3 Å². The van der Waals surface area contributed by atoms with E-state index < -0.39 is 0 Å². The van der Waals surface area contributed by atoms with Crippen LogP contribution in [0.1, 0.15) is 5.56 Å². The molecule has 1 aromatic rings. The molecule has 5 nitrogen and oxygen atoms in total. The third-order valence-electron chi connectivity index (χ3n) is 2.00. The number of methoxy groups -OCH3 is 2. The fraction of sp³-hybridized carbons (Fsp3) is 0.364. The standard InChI is InChI=1S/C11H15NO4/c1-14-8-16-11-7-10(15-2)4-3-9(11)5-6-12-13/h3-4,6-7,13H,5,8H2,1-2H3/b12-6+. The Morgan fingerprint density at radius 3 is 2.81 bits per heavy atom. The van der Waals surface area contributed by atoms with E-state index in [0.717, 1.165) is 5.56 Å². The Morgan fingerprint density at radius 1 is 1.38 bits per heavy atom. The maximum Gasteiger partial charge on any atom is 0.188 e. The van der Waals surface area contributed by atoms with Gasteiger partial charge in [-0.2, -0.15) is 0 Å². The first-order valence-electron chi connectivity index (χ1n) is 4.76. The molecule has 0 heterocycles. The van der Waals surface area contributed by atoms with Gasteiger partial charge in [0, 0.05) is 25.8 Å². The molecule has 0 atom stereocenters. The highest BCUT2D eigenvalue weighted by atomic mass is 16.7. The van der Waals surface area contributed by atoms with Crippen LogP contribution in [-0.2, 0) is 11.2 Å². The van der Waals surface area contributed by atoms with E-state index in [1.807, 2.05) is 12.1 Å². The summed E-state index contributed by atoms with van der Waals surface area (Å²) < 4.78 is 15.3. The van der Waals surface area contributed by atoms with Crippen molar-refractivity contribution in [2.45, 2.75) is 6.42 Å². The van der Waals surface area contributed by atoms with Crippen LogP contribution in [-0.4, -0.2) is 32.4 Å². The summed E-state index contributed by atoms with van der Waals surface area (Å²) in [6, 6.07) is 5.44. The average Bonchev–Trinajstić information content (AvgIpc) is 2.34. The second-order valence-electron chi connectivity index (χ2n) is 3.03. The lowest BCUT2D eigenvalue weighted by Gasteiger charge is -2.10. The Balaban J connectivity index is 2.86. The molecule has 5 heteroatoms. The molecule has 0 aliphatic rings. The highest BCUT2D eigenvalue weighted by Crippen LogP contribution is 2.24. The van der Waals surface area contributed by atoms with Gasteiger partial charge in [-0.1, -0.05) is 6.07 Å². The SMILES string of the molecule is COCOc1cc(OC)ccc1C/C=N/O. The van der Waals surface area contributed by atoms with Gasteiger partial charge in [-0.05, 0) is 11.6 Å².